The first-order valence-electron chi connectivity index (χ1n) is 5.53. The average molecular weight is 280 g/mol. The molecule has 1 aromatic carbocycles. The van der Waals surface area contributed by atoms with Crippen LogP contribution in [0.25, 0.3) is 0 Å². The van der Waals surface area contributed by atoms with Gasteiger partial charge in [0.15, 0.2) is 0 Å². The average Bonchev–Trinajstić information content (AvgIpc) is 2.64. The fourth-order valence-corrected chi connectivity index (χ4v) is 2.62. The second kappa shape index (κ2) is 5.41. The first-order valence-corrected chi connectivity index (χ1v) is 6.69. The van der Waals surface area contributed by atoms with Gasteiger partial charge in [0.05, 0.1) is 17.0 Å². The number of rotatable bonds is 5. The van der Waals surface area contributed by atoms with Crippen molar-refractivity contribution in [1.29, 1.82) is 0 Å². The Bertz CT molecular complexity index is 511. The number of nitrogens with two attached hydrogens (primary N) is 1. The molecule has 19 heavy (non-hydrogen) atoms. The van der Waals surface area contributed by atoms with E-state index in [1.54, 1.807) is 24.3 Å². The zero-order valence-corrected chi connectivity index (χ0v) is 10.7. The van der Waals surface area contributed by atoms with Crippen LogP contribution in [-0.2, 0) is 4.79 Å². The van der Waals surface area contributed by atoms with Crippen LogP contribution < -0.4 is 5.73 Å². The maximum absolute atomic E-state index is 12.0. The number of amides is 2. The first kappa shape index (κ1) is 13.6. The van der Waals surface area contributed by atoms with Crippen LogP contribution in [0.5, 0.6) is 0 Å². The summed E-state index contributed by atoms with van der Waals surface area (Å²) in [5.41, 5.74) is 6.12. The SMILES string of the molecule is NC(CSCN1C(=O)c2ccccc2C1=O)C(=O)O. The van der Waals surface area contributed by atoms with Crippen LogP contribution in [0.4, 0.5) is 0 Å². The summed E-state index contributed by atoms with van der Waals surface area (Å²) in [7, 11) is 0. The Labute approximate surface area is 113 Å². The maximum Gasteiger partial charge on any atom is 0.321 e. The maximum atomic E-state index is 12.0. The predicted octanol–water partition coefficient (Wildman–Crippen LogP) is 0.385. The third-order valence-corrected chi connectivity index (χ3v) is 3.75. The number of hydrogen-bond acceptors (Lipinski definition) is 5. The van der Waals surface area contributed by atoms with Gasteiger partial charge >= 0.3 is 5.97 Å². The number of nitrogens with zero attached hydrogens (tertiary/aromatic N) is 1. The van der Waals surface area contributed by atoms with Crippen molar-refractivity contribution in [2.75, 3.05) is 11.6 Å². The second-order valence-electron chi connectivity index (χ2n) is 4.03. The number of carbonyl (C=O) groups excluding carboxylic acids is 2. The van der Waals surface area contributed by atoms with E-state index in [1.165, 1.54) is 0 Å². The molecule has 1 aliphatic heterocycles. The lowest BCUT2D eigenvalue weighted by Crippen LogP contribution is -2.34. The molecule has 1 aliphatic rings. The summed E-state index contributed by atoms with van der Waals surface area (Å²) >= 11 is 1.14. The molecule has 1 unspecified atom stereocenters. The minimum absolute atomic E-state index is 0.104. The van der Waals surface area contributed by atoms with Crippen LogP contribution in [0.15, 0.2) is 24.3 Å². The fraction of sp³-hybridized carbons (Fsp3) is 0.250. The molecule has 0 aromatic heterocycles. The number of imide groups is 1. The van der Waals surface area contributed by atoms with Crippen molar-refractivity contribution in [2.24, 2.45) is 5.73 Å². The van der Waals surface area contributed by atoms with Crippen LogP contribution in [0, 0.1) is 0 Å². The van der Waals surface area contributed by atoms with Crippen molar-refractivity contribution in [3.05, 3.63) is 35.4 Å². The van der Waals surface area contributed by atoms with Gasteiger partial charge in [-0.3, -0.25) is 19.3 Å². The largest absolute Gasteiger partial charge is 0.480 e. The topological polar surface area (TPSA) is 101 Å². The molecular formula is C12H12N2O4S. The van der Waals surface area contributed by atoms with Gasteiger partial charge in [0.1, 0.15) is 6.04 Å². The van der Waals surface area contributed by atoms with Gasteiger partial charge in [-0.15, -0.1) is 11.8 Å². The number of carboxylic acids is 1. The summed E-state index contributed by atoms with van der Waals surface area (Å²) in [5.74, 6) is -1.56. The molecule has 7 heteroatoms. The molecule has 2 amide bonds. The monoisotopic (exact) mass is 280 g/mol. The molecule has 1 aromatic rings. The zero-order chi connectivity index (χ0) is 14.0. The highest BCUT2D eigenvalue weighted by Crippen LogP contribution is 2.24. The number of carboxylic acid groups (broad SMARTS) is 1. The Morgan fingerprint density at radius 1 is 1.26 bits per heavy atom. The van der Waals surface area contributed by atoms with E-state index in [0.29, 0.717) is 11.1 Å². The van der Waals surface area contributed by atoms with Gasteiger partial charge in [-0.25, -0.2) is 0 Å². The Kier molecular flexibility index (Phi) is 3.87. The first-order chi connectivity index (χ1) is 9.02. The van der Waals surface area contributed by atoms with E-state index in [9.17, 15) is 14.4 Å². The lowest BCUT2D eigenvalue weighted by molar-refractivity contribution is -0.137. The number of hydrogen-bond donors (Lipinski definition) is 2. The van der Waals surface area contributed by atoms with Crippen molar-refractivity contribution in [3.63, 3.8) is 0 Å². The second-order valence-corrected chi connectivity index (χ2v) is 5.03. The van der Waals surface area contributed by atoms with Gasteiger partial charge in [0.25, 0.3) is 11.8 Å². The normalized spacial score (nSPS) is 15.5. The Morgan fingerprint density at radius 2 is 1.79 bits per heavy atom. The van der Waals surface area contributed by atoms with Crippen LogP contribution in [0.1, 0.15) is 20.7 Å². The van der Waals surface area contributed by atoms with Crippen LogP contribution in [-0.4, -0.2) is 45.5 Å². The summed E-state index contributed by atoms with van der Waals surface area (Å²) in [4.78, 5) is 35.6. The molecule has 1 atom stereocenters. The molecule has 0 fully saturated rings. The van der Waals surface area contributed by atoms with E-state index in [4.69, 9.17) is 10.8 Å². The highest BCUT2D eigenvalue weighted by molar-refractivity contribution is 7.99. The number of thioether (sulfide) groups is 1. The molecule has 0 saturated carbocycles. The Balaban J connectivity index is 1.99. The molecule has 0 bridgehead atoms. The minimum atomic E-state index is -1.10. The van der Waals surface area contributed by atoms with Gasteiger partial charge in [-0.1, -0.05) is 12.1 Å². The summed E-state index contributed by atoms with van der Waals surface area (Å²) in [6.45, 7) is 0. The Hall–Kier alpha value is -1.86. The van der Waals surface area contributed by atoms with Crippen molar-refractivity contribution >= 4 is 29.5 Å². The third kappa shape index (κ3) is 2.61. The number of fused-ring (bicyclic) bond motifs is 1. The van der Waals surface area contributed by atoms with Gasteiger partial charge in [-0.2, -0.15) is 0 Å². The van der Waals surface area contributed by atoms with E-state index < -0.39 is 12.0 Å². The van der Waals surface area contributed by atoms with Crippen molar-refractivity contribution in [1.82, 2.24) is 4.90 Å². The fourth-order valence-electron chi connectivity index (χ4n) is 1.70. The molecule has 1 heterocycles. The van der Waals surface area contributed by atoms with Gasteiger partial charge in [-0.05, 0) is 12.1 Å². The quantitative estimate of drug-likeness (QED) is 0.756. The van der Waals surface area contributed by atoms with Crippen LogP contribution in [0.3, 0.4) is 0 Å². The smallest absolute Gasteiger partial charge is 0.321 e. The molecule has 3 N–H and O–H groups in total. The zero-order valence-electron chi connectivity index (χ0n) is 9.91. The highest BCUT2D eigenvalue weighted by atomic mass is 32.2. The predicted molar refractivity (Wildman–Crippen MR) is 69.9 cm³/mol. The lowest BCUT2D eigenvalue weighted by atomic mass is 10.1. The lowest BCUT2D eigenvalue weighted by Gasteiger charge is -2.14. The van der Waals surface area contributed by atoms with Gasteiger partial charge in [0.2, 0.25) is 0 Å². The summed E-state index contributed by atoms with van der Waals surface area (Å²) in [6, 6.07) is 5.59. The van der Waals surface area contributed by atoms with E-state index in [0.717, 1.165) is 16.7 Å². The van der Waals surface area contributed by atoms with E-state index >= 15 is 0 Å². The van der Waals surface area contributed by atoms with E-state index in [-0.39, 0.29) is 23.4 Å². The van der Waals surface area contributed by atoms with Gasteiger partial charge in [0, 0.05) is 5.75 Å². The summed E-state index contributed by atoms with van der Waals surface area (Å²) < 4.78 is 0. The van der Waals surface area contributed by atoms with Crippen molar-refractivity contribution < 1.29 is 19.5 Å². The van der Waals surface area contributed by atoms with Gasteiger partial charge < -0.3 is 10.8 Å². The van der Waals surface area contributed by atoms with Crippen LogP contribution >= 0.6 is 11.8 Å². The molecule has 0 radical (unpaired) electrons. The van der Waals surface area contributed by atoms with E-state index in [1.807, 2.05) is 0 Å². The highest BCUT2D eigenvalue weighted by Gasteiger charge is 2.34. The van der Waals surface area contributed by atoms with E-state index in [2.05, 4.69) is 0 Å². The Morgan fingerprint density at radius 3 is 2.26 bits per heavy atom. The number of aliphatic carboxylic acids is 1. The summed E-state index contributed by atoms with van der Waals surface area (Å²) in [6.07, 6.45) is 0. The van der Waals surface area contributed by atoms with Crippen LogP contribution in [0.2, 0.25) is 0 Å². The molecule has 2 rings (SSSR count). The molecule has 6 nitrogen and oxygen atoms in total. The molecule has 0 spiro atoms. The molecule has 0 aliphatic carbocycles. The van der Waals surface area contributed by atoms with Crippen molar-refractivity contribution in [2.45, 2.75) is 6.04 Å². The molecule has 0 saturated heterocycles. The summed E-state index contributed by atoms with van der Waals surface area (Å²) in [5, 5.41) is 8.63. The molecule has 100 valence electrons. The number of carbonyl (C=O) groups is 3. The standard InChI is InChI=1S/C12H12N2O4S/c13-9(12(17)18)5-19-6-14-10(15)7-3-1-2-4-8(7)11(14)16/h1-4,9H,5-6,13H2,(H,17,18). The number of benzene rings is 1. The third-order valence-electron chi connectivity index (χ3n) is 2.71. The minimum Gasteiger partial charge on any atom is -0.480 e. The van der Waals surface area contributed by atoms with Crippen molar-refractivity contribution in [3.8, 4) is 0 Å². The molecular weight excluding hydrogens is 268 g/mol.